The number of nitrogens with zero attached hydrogens (tertiary/aromatic N) is 1. The Labute approximate surface area is 67.4 Å². The van der Waals surface area contributed by atoms with Crippen LogP contribution in [0.3, 0.4) is 0 Å². The Kier molecular flexibility index (Phi) is 4.25. The average Bonchev–Trinajstić information content (AvgIpc) is 1.87. The van der Waals surface area contributed by atoms with Crippen molar-refractivity contribution in [2.24, 2.45) is 5.10 Å². The van der Waals surface area contributed by atoms with E-state index >= 15 is 0 Å². The number of alkyl halides is 4. The lowest BCUT2D eigenvalue weighted by Gasteiger charge is -2.06. The highest BCUT2D eigenvalue weighted by Gasteiger charge is 2.34. The maximum atomic E-state index is 11.8. The largest absolute Gasteiger partial charge is 0.432 e. The number of rotatable bonds is 3. The molecule has 0 saturated carbocycles. The van der Waals surface area contributed by atoms with E-state index in [-0.39, 0.29) is 0 Å². The molecule has 0 fully saturated rings. The van der Waals surface area contributed by atoms with Gasteiger partial charge in [-0.25, -0.2) is 0 Å². The maximum Gasteiger partial charge on any atom is 0.432 e. The van der Waals surface area contributed by atoms with Gasteiger partial charge in [-0.05, 0) is 6.92 Å². The fourth-order valence-electron chi connectivity index (χ4n) is 0.344. The van der Waals surface area contributed by atoms with Crippen LogP contribution < -0.4 is 5.43 Å². The summed E-state index contributed by atoms with van der Waals surface area (Å²) in [6.45, 7) is 1.99. The molecule has 0 spiro atoms. The molecule has 11 heavy (non-hydrogen) atoms. The highest BCUT2D eigenvalue weighted by molar-refractivity contribution is 6.29. The Bertz CT molecular complexity index is 143. The lowest BCUT2D eigenvalue weighted by Crippen LogP contribution is -2.27. The molecule has 0 aliphatic rings. The first kappa shape index (κ1) is 10.6. The van der Waals surface area contributed by atoms with Crippen LogP contribution in [0.5, 0.6) is 0 Å². The molecule has 0 heterocycles. The molecule has 0 saturated heterocycles. The molecule has 0 amide bonds. The zero-order valence-corrected chi connectivity index (χ0v) is 6.63. The molecule has 0 bridgehead atoms. The Morgan fingerprint density at radius 2 is 2.09 bits per heavy atom. The standard InChI is InChI=1S/C5H8ClF3N2/c1-2-10-11-4(3-6)5(7,8)9/h10H,2-3H2,1H3/b11-4+. The quantitative estimate of drug-likeness (QED) is 0.407. The van der Waals surface area contributed by atoms with Gasteiger partial charge >= 0.3 is 6.18 Å². The van der Waals surface area contributed by atoms with Gasteiger partial charge in [0.05, 0.1) is 5.88 Å². The summed E-state index contributed by atoms with van der Waals surface area (Å²) in [7, 11) is 0. The summed E-state index contributed by atoms with van der Waals surface area (Å²) in [5, 5.41) is 3.04. The summed E-state index contributed by atoms with van der Waals surface area (Å²) in [6.07, 6.45) is -4.43. The van der Waals surface area contributed by atoms with E-state index in [0.29, 0.717) is 6.54 Å². The Morgan fingerprint density at radius 3 is 2.36 bits per heavy atom. The minimum atomic E-state index is -4.43. The van der Waals surface area contributed by atoms with Crippen molar-refractivity contribution >= 4 is 17.3 Å². The van der Waals surface area contributed by atoms with E-state index in [0.717, 1.165) is 0 Å². The van der Waals surface area contributed by atoms with Crippen molar-refractivity contribution in [1.29, 1.82) is 0 Å². The molecule has 0 aliphatic carbocycles. The summed E-state index contributed by atoms with van der Waals surface area (Å²) >= 11 is 5.00. The van der Waals surface area contributed by atoms with Gasteiger partial charge in [-0.1, -0.05) is 0 Å². The molecule has 0 aromatic heterocycles. The van der Waals surface area contributed by atoms with Gasteiger partial charge in [-0.3, -0.25) is 0 Å². The van der Waals surface area contributed by atoms with Crippen molar-refractivity contribution in [3.8, 4) is 0 Å². The minimum absolute atomic E-state index is 0.344. The second kappa shape index (κ2) is 4.43. The molecule has 66 valence electrons. The molecule has 0 aliphatic heterocycles. The van der Waals surface area contributed by atoms with E-state index in [1.54, 1.807) is 6.92 Å². The summed E-state index contributed by atoms with van der Waals surface area (Å²) in [4.78, 5) is 0. The van der Waals surface area contributed by atoms with Crippen LogP contribution in [-0.2, 0) is 0 Å². The molecule has 0 aromatic carbocycles. The van der Waals surface area contributed by atoms with E-state index in [1.165, 1.54) is 0 Å². The highest BCUT2D eigenvalue weighted by Crippen LogP contribution is 2.17. The Morgan fingerprint density at radius 1 is 1.55 bits per heavy atom. The van der Waals surface area contributed by atoms with Crippen molar-refractivity contribution in [3.05, 3.63) is 0 Å². The molecule has 0 unspecified atom stereocenters. The second-order valence-electron chi connectivity index (χ2n) is 1.70. The molecule has 6 heteroatoms. The summed E-state index contributed by atoms with van der Waals surface area (Å²) < 4.78 is 35.4. The van der Waals surface area contributed by atoms with Crippen LogP contribution >= 0.6 is 11.6 Å². The molecular weight excluding hydrogens is 181 g/mol. The van der Waals surface area contributed by atoms with Crippen molar-refractivity contribution in [3.63, 3.8) is 0 Å². The van der Waals surface area contributed by atoms with Crippen LogP contribution in [0.1, 0.15) is 6.92 Å². The highest BCUT2D eigenvalue weighted by atomic mass is 35.5. The van der Waals surface area contributed by atoms with Crippen molar-refractivity contribution in [2.75, 3.05) is 12.4 Å². The van der Waals surface area contributed by atoms with Crippen LogP contribution in [-0.4, -0.2) is 24.3 Å². The van der Waals surface area contributed by atoms with Gasteiger partial charge in [-0.2, -0.15) is 18.3 Å². The molecule has 0 radical (unpaired) electrons. The number of hydrogen-bond donors (Lipinski definition) is 1. The second-order valence-corrected chi connectivity index (χ2v) is 1.97. The summed E-state index contributed by atoms with van der Waals surface area (Å²) in [5.41, 5.74) is 1.19. The molecular formula is C5H8ClF3N2. The minimum Gasteiger partial charge on any atom is -0.310 e. The number of halogens is 4. The fraction of sp³-hybridized carbons (Fsp3) is 0.800. The number of nitrogens with one attached hydrogen (secondary N) is 1. The van der Waals surface area contributed by atoms with Crippen LogP contribution in [0.25, 0.3) is 0 Å². The normalized spacial score (nSPS) is 13.4. The zero-order chi connectivity index (χ0) is 8.91. The third kappa shape index (κ3) is 4.08. The van der Waals surface area contributed by atoms with Gasteiger partial charge in [0.1, 0.15) is 0 Å². The van der Waals surface area contributed by atoms with E-state index in [1.807, 2.05) is 0 Å². The van der Waals surface area contributed by atoms with Crippen LogP contribution in [0, 0.1) is 0 Å². The Hall–Kier alpha value is -0.450. The predicted octanol–water partition coefficient (Wildman–Crippen LogP) is 1.75. The first-order valence-corrected chi connectivity index (χ1v) is 3.48. The van der Waals surface area contributed by atoms with Crippen molar-refractivity contribution in [1.82, 2.24) is 5.43 Å². The number of hydrogen-bond acceptors (Lipinski definition) is 2. The van der Waals surface area contributed by atoms with Crippen molar-refractivity contribution < 1.29 is 13.2 Å². The Balaban J connectivity index is 4.16. The van der Waals surface area contributed by atoms with Gasteiger partial charge < -0.3 is 5.43 Å². The average molecular weight is 189 g/mol. The summed E-state index contributed by atoms with van der Waals surface area (Å²) in [6, 6.07) is 0. The topological polar surface area (TPSA) is 24.4 Å². The van der Waals surface area contributed by atoms with Gasteiger partial charge in [0.2, 0.25) is 0 Å². The molecule has 1 N–H and O–H groups in total. The molecule has 2 nitrogen and oxygen atoms in total. The van der Waals surface area contributed by atoms with E-state index in [4.69, 9.17) is 11.6 Å². The van der Waals surface area contributed by atoms with Gasteiger partial charge in [0, 0.05) is 6.54 Å². The third-order valence-electron chi connectivity index (χ3n) is 0.826. The lowest BCUT2D eigenvalue weighted by molar-refractivity contribution is -0.0594. The van der Waals surface area contributed by atoms with E-state index in [2.05, 4.69) is 10.5 Å². The summed E-state index contributed by atoms with van der Waals surface area (Å²) in [5.74, 6) is -0.628. The van der Waals surface area contributed by atoms with Crippen LogP contribution in [0.2, 0.25) is 0 Å². The van der Waals surface area contributed by atoms with E-state index < -0.39 is 17.8 Å². The zero-order valence-electron chi connectivity index (χ0n) is 5.87. The number of hydrazone groups is 1. The predicted molar refractivity (Wildman–Crippen MR) is 37.9 cm³/mol. The third-order valence-corrected chi connectivity index (χ3v) is 1.08. The van der Waals surface area contributed by atoms with Crippen LogP contribution in [0.15, 0.2) is 5.10 Å². The van der Waals surface area contributed by atoms with Gasteiger partial charge in [0.25, 0.3) is 0 Å². The smallest absolute Gasteiger partial charge is 0.310 e. The molecule has 0 aromatic rings. The first-order valence-electron chi connectivity index (χ1n) is 2.95. The van der Waals surface area contributed by atoms with E-state index in [9.17, 15) is 13.2 Å². The van der Waals surface area contributed by atoms with Crippen molar-refractivity contribution in [2.45, 2.75) is 13.1 Å². The van der Waals surface area contributed by atoms with Gasteiger partial charge in [-0.15, -0.1) is 11.6 Å². The lowest BCUT2D eigenvalue weighted by atomic mass is 10.4. The molecule has 0 rings (SSSR count). The van der Waals surface area contributed by atoms with Gasteiger partial charge in [0.15, 0.2) is 5.71 Å². The fourth-order valence-corrected chi connectivity index (χ4v) is 0.555. The molecule has 0 atom stereocenters. The maximum absolute atomic E-state index is 11.8. The SMILES string of the molecule is CCN/N=C(\CCl)C(F)(F)F. The first-order chi connectivity index (χ1) is 5.02. The monoisotopic (exact) mass is 188 g/mol. The van der Waals surface area contributed by atoms with Crippen LogP contribution in [0.4, 0.5) is 13.2 Å².